The number of benzene rings is 2. The molecule has 0 unspecified atom stereocenters. The summed E-state index contributed by atoms with van der Waals surface area (Å²) in [7, 11) is 7.46. The lowest BCUT2D eigenvalue weighted by molar-refractivity contribution is -0.174. The van der Waals surface area contributed by atoms with Gasteiger partial charge in [0.1, 0.15) is 42.3 Å². The van der Waals surface area contributed by atoms with Crippen LogP contribution in [0.5, 0.6) is 5.75 Å². The molecule has 3 rings (SSSR count). The monoisotopic (exact) mass is 993 g/mol. The fraction of sp³-hybridized carbons (Fsp3) is 0.630. The van der Waals surface area contributed by atoms with E-state index in [1.165, 1.54) is 45.0 Å². The molecule has 1 aliphatic heterocycles. The molecule has 1 saturated heterocycles. The summed E-state index contributed by atoms with van der Waals surface area (Å²) in [5, 5.41) is 0. The van der Waals surface area contributed by atoms with E-state index in [0.717, 1.165) is 4.90 Å². The Bertz CT molecular complexity index is 2110. The van der Waals surface area contributed by atoms with E-state index in [9.17, 15) is 38.4 Å². The second-order valence-electron chi connectivity index (χ2n) is 20.7. The standard InChI is InChI=1S/C54H80N4O13/c1-32(2)24-42-51(63)70-46(28-38-16-18-40(31-59)19-17-38)49(61)58(14)44(26-34(5)6)53(65)69-37(10)48(60)56(12)45(27-35(7)8)54(66)71-47(29-39-20-22-41(67-15)23-21-39)50(62)57(13)43(25-33(3)4)52(64)68-36(9)30-55(42)11/h16-23,31-37,42-47H,24-30H2,1-15H3/t36-,37-,42+,43+,44+,45+,46-,47-/m1/s1. The van der Waals surface area contributed by atoms with Crippen LogP contribution >= 0.6 is 0 Å². The minimum atomic E-state index is -1.46. The molecule has 17 nitrogen and oxygen atoms in total. The van der Waals surface area contributed by atoms with Crippen molar-refractivity contribution in [2.75, 3.05) is 41.8 Å². The molecule has 71 heavy (non-hydrogen) atoms. The van der Waals surface area contributed by atoms with Gasteiger partial charge in [0, 0.05) is 46.1 Å². The number of rotatable bonds is 14. The lowest BCUT2D eigenvalue weighted by atomic mass is 10.00. The summed E-state index contributed by atoms with van der Waals surface area (Å²) < 4.78 is 29.5. The van der Waals surface area contributed by atoms with Crippen LogP contribution in [0.3, 0.4) is 0 Å². The van der Waals surface area contributed by atoms with Crippen LogP contribution in [0, 0.1) is 23.7 Å². The van der Waals surface area contributed by atoms with Gasteiger partial charge in [0.25, 0.3) is 17.7 Å². The van der Waals surface area contributed by atoms with Gasteiger partial charge < -0.3 is 38.4 Å². The number of likely N-dealkylation sites (N-methyl/N-ethyl adjacent to an activating group) is 4. The molecule has 0 bridgehead atoms. The summed E-state index contributed by atoms with van der Waals surface area (Å²) in [6.07, 6.45) is -3.99. The normalized spacial score (nSPS) is 24.8. The maximum Gasteiger partial charge on any atom is 0.329 e. The first-order chi connectivity index (χ1) is 33.3. The minimum Gasteiger partial charge on any atom is -0.497 e. The molecular formula is C54H80N4O13. The molecule has 0 saturated carbocycles. The smallest absolute Gasteiger partial charge is 0.329 e. The third-order valence-electron chi connectivity index (χ3n) is 12.5. The van der Waals surface area contributed by atoms with E-state index in [0.29, 0.717) is 35.1 Å². The number of hydrogen-bond donors (Lipinski definition) is 0. The van der Waals surface area contributed by atoms with Gasteiger partial charge in [0.05, 0.1) is 7.11 Å². The Hall–Kier alpha value is -5.84. The predicted octanol–water partition coefficient (Wildman–Crippen LogP) is 5.96. The quantitative estimate of drug-likeness (QED) is 0.122. The highest BCUT2D eigenvalue weighted by atomic mass is 16.6. The number of methoxy groups -OCH3 is 1. The van der Waals surface area contributed by atoms with Gasteiger partial charge in [-0.25, -0.2) is 14.4 Å². The van der Waals surface area contributed by atoms with Crippen LogP contribution in [0.2, 0.25) is 0 Å². The zero-order valence-corrected chi connectivity index (χ0v) is 44.7. The molecule has 0 radical (unpaired) electrons. The van der Waals surface area contributed by atoms with Gasteiger partial charge in [0.15, 0.2) is 18.3 Å². The molecule has 0 aromatic heterocycles. The first-order valence-electron chi connectivity index (χ1n) is 24.8. The average molecular weight is 993 g/mol. The summed E-state index contributed by atoms with van der Waals surface area (Å²) >= 11 is 0. The number of cyclic esters (lactones) is 4. The van der Waals surface area contributed by atoms with Crippen molar-refractivity contribution in [3.05, 3.63) is 65.2 Å². The Morgan fingerprint density at radius 3 is 1.27 bits per heavy atom. The SMILES string of the molecule is COc1ccc(C[C@H]2OC(=O)[C@H](CC(C)C)N(C)C(=O)[C@@H](C)OC(=O)[C@H](CC(C)C)N(C)C(=O)[C@@H](Cc3ccc(C=O)cc3)OC(=O)[C@H](CC(C)C)N(C)C[C@@H](C)OC(=O)[C@H](CC(C)C)N(C)C2=O)cc1. The van der Waals surface area contributed by atoms with Crippen molar-refractivity contribution in [2.45, 2.75) is 156 Å². The topological polar surface area (TPSA) is 196 Å². The maximum absolute atomic E-state index is 14.7. The van der Waals surface area contributed by atoms with E-state index in [-0.39, 0.29) is 62.3 Å². The lowest BCUT2D eigenvalue weighted by Crippen LogP contribution is -2.54. The molecule has 1 fully saturated rings. The highest BCUT2D eigenvalue weighted by Crippen LogP contribution is 2.24. The van der Waals surface area contributed by atoms with E-state index in [1.54, 1.807) is 67.4 Å². The third-order valence-corrected chi connectivity index (χ3v) is 12.5. The van der Waals surface area contributed by atoms with Crippen molar-refractivity contribution in [3.8, 4) is 5.75 Å². The van der Waals surface area contributed by atoms with Gasteiger partial charge in [-0.2, -0.15) is 0 Å². The highest BCUT2D eigenvalue weighted by Gasteiger charge is 2.42. The van der Waals surface area contributed by atoms with E-state index in [4.69, 9.17) is 23.7 Å². The molecule has 1 heterocycles. The Morgan fingerprint density at radius 1 is 0.521 bits per heavy atom. The summed E-state index contributed by atoms with van der Waals surface area (Å²) in [4.78, 5) is 118. The molecule has 0 spiro atoms. The Labute approximate surface area is 421 Å². The van der Waals surface area contributed by atoms with Gasteiger partial charge in [-0.05, 0) is 93.5 Å². The zero-order valence-electron chi connectivity index (χ0n) is 44.7. The molecule has 1 aliphatic rings. The second-order valence-corrected chi connectivity index (χ2v) is 20.7. The number of nitrogens with zero attached hydrogens (tertiary/aromatic N) is 4. The van der Waals surface area contributed by atoms with Gasteiger partial charge in [-0.15, -0.1) is 0 Å². The van der Waals surface area contributed by atoms with Crippen LogP contribution in [-0.2, 0) is 65.4 Å². The second kappa shape index (κ2) is 27.7. The van der Waals surface area contributed by atoms with E-state index in [2.05, 4.69) is 0 Å². The summed E-state index contributed by atoms with van der Waals surface area (Å²) in [5.41, 5.74) is 1.60. The Morgan fingerprint density at radius 2 is 0.873 bits per heavy atom. The first-order valence-corrected chi connectivity index (χ1v) is 24.8. The fourth-order valence-corrected chi connectivity index (χ4v) is 8.55. The molecule has 8 atom stereocenters. The van der Waals surface area contributed by atoms with Crippen molar-refractivity contribution in [1.82, 2.24) is 19.6 Å². The van der Waals surface area contributed by atoms with Crippen LogP contribution in [-0.4, -0.2) is 158 Å². The van der Waals surface area contributed by atoms with Crippen LogP contribution in [0.1, 0.15) is 116 Å². The van der Waals surface area contributed by atoms with Crippen LogP contribution in [0.15, 0.2) is 48.5 Å². The number of aldehydes is 1. The number of hydrogen-bond acceptors (Lipinski definition) is 14. The lowest BCUT2D eigenvalue weighted by Gasteiger charge is -2.35. The van der Waals surface area contributed by atoms with Crippen molar-refractivity contribution in [2.24, 2.45) is 23.7 Å². The molecule has 0 N–H and O–H groups in total. The van der Waals surface area contributed by atoms with Crippen molar-refractivity contribution in [3.63, 3.8) is 0 Å². The number of carbonyl (C=O) groups excluding carboxylic acids is 8. The zero-order chi connectivity index (χ0) is 53.4. The largest absolute Gasteiger partial charge is 0.497 e. The predicted molar refractivity (Wildman–Crippen MR) is 267 cm³/mol. The van der Waals surface area contributed by atoms with Gasteiger partial charge in [0.2, 0.25) is 0 Å². The maximum atomic E-state index is 14.7. The molecule has 0 aliphatic carbocycles. The van der Waals surface area contributed by atoms with Gasteiger partial charge in [-0.1, -0.05) is 91.8 Å². The fourth-order valence-electron chi connectivity index (χ4n) is 8.55. The highest BCUT2D eigenvalue weighted by molar-refractivity contribution is 5.93. The summed E-state index contributed by atoms with van der Waals surface area (Å²) in [6.45, 7) is 18.2. The van der Waals surface area contributed by atoms with Crippen LogP contribution in [0.4, 0.5) is 0 Å². The Kier molecular flexibility index (Phi) is 23.2. The van der Waals surface area contributed by atoms with Crippen molar-refractivity contribution < 1.29 is 62.0 Å². The van der Waals surface area contributed by atoms with Gasteiger partial charge >= 0.3 is 23.9 Å². The first kappa shape index (κ1) is 59.5. The van der Waals surface area contributed by atoms with Crippen molar-refractivity contribution in [1.29, 1.82) is 0 Å². The van der Waals surface area contributed by atoms with E-state index < -0.39 is 90.2 Å². The van der Waals surface area contributed by atoms with Crippen LogP contribution < -0.4 is 4.74 Å². The van der Waals surface area contributed by atoms with Crippen molar-refractivity contribution >= 4 is 47.9 Å². The average Bonchev–Trinajstić information content (AvgIpc) is 3.31. The van der Waals surface area contributed by atoms with Crippen LogP contribution in [0.25, 0.3) is 0 Å². The summed E-state index contributed by atoms with van der Waals surface area (Å²) in [5.74, 6) is -5.22. The molecule has 3 amide bonds. The third kappa shape index (κ3) is 17.8. The molecule has 394 valence electrons. The van der Waals surface area contributed by atoms with E-state index >= 15 is 0 Å². The molecule has 2 aromatic rings. The Balaban J connectivity index is 2.24. The number of ether oxygens (including phenoxy) is 5. The number of carbonyl (C=O) groups is 8. The molecular weight excluding hydrogens is 913 g/mol. The molecule has 17 heteroatoms. The number of amides is 3. The van der Waals surface area contributed by atoms with E-state index in [1.807, 2.05) is 55.4 Å². The van der Waals surface area contributed by atoms with Gasteiger partial charge in [-0.3, -0.25) is 28.9 Å². The minimum absolute atomic E-state index is 0.0305. The molecule has 2 aromatic carbocycles. The summed E-state index contributed by atoms with van der Waals surface area (Å²) in [6, 6.07) is 8.80. The number of esters is 4.